The van der Waals surface area contributed by atoms with Crippen LogP contribution in [0.1, 0.15) is 40.5 Å². The molecule has 4 rings (SSSR count). The van der Waals surface area contributed by atoms with E-state index in [1.54, 1.807) is 19.1 Å². The van der Waals surface area contributed by atoms with Gasteiger partial charge in [0.1, 0.15) is 0 Å². The van der Waals surface area contributed by atoms with Gasteiger partial charge in [-0.2, -0.15) is 0 Å². The number of aryl methyl sites for hydroxylation is 1. The van der Waals surface area contributed by atoms with Crippen molar-refractivity contribution >= 4 is 28.4 Å². The Kier molecular flexibility index (Phi) is 4.64. The van der Waals surface area contributed by atoms with Crippen LogP contribution in [0, 0.1) is 17.0 Å². The van der Waals surface area contributed by atoms with Crippen LogP contribution in [0.15, 0.2) is 34.9 Å². The highest BCUT2D eigenvalue weighted by molar-refractivity contribution is 6.06. The molecule has 1 aliphatic rings. The smallest absolute Gasteiger partial charge is 0.269 e. The Balaban J connectivity index is 1.40. The molecule has 0 spiro atoms. The number of nitrogens with zero attached hydrogens (tertiary/aromatic N) is 3. The maximum absolute atomic E-state index is 12.7. The zero-order chi connectivity index (χ0) is 19.7. The normalized spacial score (nSPS) is 13.5. The number of pyridine rings is 1. The number of carbonyl (C=O) groups excluding carboxylic acids is 1. The minimum atomic E-state index is -0.442. The summed E-state index contributed by atoms with van der Waals surface area (Å²) in [5, 5.41) is 21.3. The summed E-state index contributed by atoms with van der Waals surface area (Å²) in [6, 6.07) is 7.97. The maximum atomic E-state index is 12.7. The summed E-state index contributed by atoms with van der Waals surface area (Å²) in [7, 11) is 0. The summed E-state index contributed by atoms with van der Waals surface area (Å²) in [6.45, 7) is 2.66. The van der Waals surface area contributed by atoms with Gasteiger partial charge in [0, 0.05) is 42.5 Å². The second kappa shape index (κ2) is 7.26. The molecule has 9 nitrogen and oxygen atoms in total. The summed E-state index contributed by atoms with van der Waals surface area (Å²) < 4.78 is 5.27. The van der Waals surface area contributed by atoms with Gasteiger partial charge in [-0.3, -0.25) is 14.9 Å². The van der Waals surface area contributed by atoms with Crippen LogP contribution in [-0.2, 0) is 0 Å². The number of aromatic nitrogens is 2. The lowest BCUT2D eigenvalue weighted by Gasteiger charge is -2.09. The van der Waals surface area contributed by atoms with Crippen molar-refractivity contribution in [1.82, 2.24) is 15.5 Å². The van der Waals surface area contributed by atoms with E-state index in [2.05, 4.69) is 20.8 Å². The van der Waals surface area contributed by atoms with E-state index in [-0.39, 0.29) is 11.6 Å². The largest absolute Gasteiger partial charge is 0.383 e. The molecule has 1 amide bonds. The first-order valence-electron chi connectivity index (χ1n) is 9.06. The van der Waals surface area contributed by atoms with E-state index in [1.165, 1.54) is 12.1 Å². The monoisotopic (exact) mass is 381 g/mol. The van der Waals surface area contributed by atoms with Crippen molar-refractivity contribution in [3.63, 3.8) is 0 Å². The lowest BCUT2D eigenvalue weighted by molar-refractivity contribution is -0.384. The lowest BCUT2D eigenvalue weighted by atomic mass is 10.1. The lowest BCUT2D eigenvalue weighted by Crippen LogP contribution is -2.29. The predicted molar refractivity (Wildman–Crippen MR) is 102 cm³/mol. The number of nitrogens with one attached hydrogen (secondary N) is 2. The number of hydrogen-bond acceptors (Lipinski definition) is 7. The quantitative estimate of drug-likeness (QED) is 0.366. The second-order valence-electron chi connectivity index (χ2n) is 6.80. The number of benzene rings is 1. The fourth-order valence-electron chi connectivity index (χ4n) is 3.06. The number of carbonyl (C=O) groups is 1. The van der Waals surface area contributed by atoms with E-state index in [1.807, 2.05) is 6.07 Å². The minimum Gasteiger partial charge on any atom is -0.383 e. The number of fused-ring (bicyclic) bond motifs is 1. The Hall–Kier alpha value is -3.49. The van der Waals surface area contributed by atoms with Crippen molar-refractivity contribution in [3.8, 4) is 0 Å². The molecule has 3 aromatic rings. The van der Waals surface area contributed by atoms with Gasteiger partial charge in [0.15, 0.2) is 0 Å². The standard InChI is InChI=1S/C19H19N5O4/c1-11-17-15(10-16(12-2-3-12)22-19(17)28-23-11)18(25)21-9-8-20-13-4-6-14(7-5-13)24(26)27/h4-7,10,12,20H,2-3,8-9H2,1H3,(H,21,25). The Morgan fingerprint density at radius 3 is 2.71 bits per heavy atom. The summed E-state index contributed by atoms with van der Waals surface area (Å²) in [5.41, 5.74) is 3.22. The average molecular weight is 381 g/mol. The molecule has 2 heterocycles. The average Bonchev–Trinajstić information content (AvgIpc) is 3.48. The zero-order valence-electron chi connectivity index (χ0n) is 15.3. The maximum Gasteiger partial charge on any atom is 0.269 e. The molecule has 0 radical (unpaired) electrons. The van der Waals surface area contributed by atoms with Crippen molar-refractivity contribution in [2.45, 2.75) is 25.7 Å². The van der Waals surface area contributed by atoms with E-state index in [4.69, 9.17) is 4.52 Å². The molecule has 0 aliphatic heterocycles. The Bertz CT molecular complexity index is 1040. The van der Waals surface area contributed by atoms with Gasteiger partial charge in [-0.15, -0.1) is 0 Å². The number of hydrogen-bond donors (Lipinski definition) is 2. The predicted octanol–water partition coefficient (Wildman–Crippen LogP) is 3.16. The van der Waals surface area contributed by atoms with Crippen LogP contribution >= 0.6 is 0 Å². The van der Waals surface area contributed by atoms with E-state index in [0.717, 1.165) is 24.2 Å². The summed E-state index contributed by atoms with van der Waals surface area (Å²) in [4.78, 5) is 27.4. The van der Waals surface area contributed by atoms with Crippen molar-refractivity contribution in [3.05, 3.63) is 57.4 Å². The first kappa shape index (κ1) is 17.9. The first-order valence-corrected chi connectivity index (χ1v) is 9.06. The molecular formula is C19H19N5O4. The molecule has 1 aliphatic carbocycles. The molecule has 2 aromatic heterocycles. The molecule has 0 bridgehead atoms. The number of anilines is 1. The minimum absolute atomic E-state index is 0.0381. The van der Waals surface area contributed by atoms with Gasteiger partial charge in [-0.25, -0.2) is 4.98 Å². The van der Waals surface area contributed by atoms with Gasteiger partial charge in [-0.1, -0.05) is 5.16 Å². The van der Waals surface area contributed by atoms with Crippen LogP contribution in [0.4, 0.5) is 11.4 Å². The van der Waals surface area contributed by atoms with E-state index < -0.39 is 4.92 Å². The van der Waals surface area contributed by atoms with Crippen LogP contribution in [0.3, 0.4) is 0 Å². The number of nitro groups is 1. The topological polar surface area (TPSA) is 123 Å². The van der Waals surface area contributed by atoms with Crippen LogP contribution in [0.2, 0.25) is 0 Å². The number of nitro benzene ring substituents is 1. The van der Waals surface area contributed by atoms with Gasteiger partial charge < -0.3 is 15.2 Å². The van der Waals surface area contributed by atoms with Crippen LogP contribution in [0.5, 0.6) is 0 Å². The third-order valence-electron chi connectivity index (χ3n) is 4.69. The van der Waals surface area contributed by atoms with Gasteiger partial charge >= 0.3 is 0 Å². The molecule has 144 valence electrons. The molecule has 1 fully saturated rings. The summed E-state index contributed by atoms with van der Waals surface area (Å²) in [6.07, 6.45) is 2.15. The molecule has 0 unspecified atom stereocenters. The molecule has 1 saturated carbocycles. The summed E-state index contributed by atoms with van der Waals surface area (Å²) in [5.74, 6) is 0.191. The highest BCUT2D eigenvalue weighted by atomic mass is 16.6. The van der Waals surface area contributed by atoms with Crippen molar-refractivity contribution in [1.29, 1.82) is 0 Å². The highest BCUT2D eigenvalue weighted by Crippen LogP contribution is 2.40. The zero-order valence-corrected chi connectivity index (χ0v) is 15.3. The summed E-state index contributed by atoms with van der Waals surface area (Å²) >= 11 is 0. The molecule has 1 aromatic carbocycles. The van der Waals surface area contributed by atoms with Crippen molar-refractivity contribution in [2.24, 2.45) is 0 Å². The van der Waals surface area contributed by atoms with Crippen LogP contribution in [-0.4, -0.2) is 34.1 Å². The SMILES string of the molecule is Cc1noc2nc(C3CC3)cc(C(=O)NCCNc3ccc([N+](=O)[O-])cc3)c12. The van der Waals surface area contributed by atoms with Gasteiger partial charge in [-0.05, 0) is 38.0 Å². The number of rotatable bonds is 7. The number of non-ortho nitro benzene ring substituents is 1. The molecule has 0 saturated heterocycles. The van der Waals surface area contributed by atoms with Crippen LogP contribution in [0.25, 0.3) is 11.1 Å². The first-order chi connectivity index (χ1) is 13.5. The molecule has 0 atom stereocenters. The van der Waals surface area contributed by atoms with Crippen molar-refractivity contribution in [2.75, 3.05) is 18.4 Å². The third-order valence-corrected chi connectivity index (χ3v) is 4.69. The van der Waals surface area contributed by atoms with Gasteiger partial charge in [0.2, 0.25) is 0 Å². The van der Waals surface area contributed by atoms with E-state index in [0.29, 0.717) is 41.4 Å². The fraction of sp³-hybridized carbons (Fsp3) is 0.316. The van der Waals surface area contributed by atoms with Crippen molar-refractivity contribution < 1.29 is 14.2 Å². The molecule has 2 N–H and O–H groups in total. The second-order valence-corrected chi connectivity index (χ2v) is 6.80. The molecule has 9 heteroatoms. The Morgan fingerprint density at radius 2 is 2.04 bits per heavy atom. The third kappa shape index (κ3) is 3.64. The Morgan fingerprint density at radius 1 is 1.29 bits per heavy atom. The van der Waals surface area contributed by atoms with Gasteiger partial charge in [0.05, 0.1) is 21.6 Å². The van der Waals surface area contributed by atoms with Gasteiger partial charge in [0.25, 0.3) is 17.3 Å². The molecule has 28 heavy (non-hydrogen) atoms. The highest BCUT2D eigenvalue weighted by Gasteiger charge is 2.28. The Labute approximate surface area is 160 Å². The van der Waals surface area contributed by atoms with Crippen LogP contribution < -0.4 is 10.6 Å². The fourth-order valence-corrected chi connectivity index (χ4v) is 3.06. The molecular weight excluding hydrogens is 362 g/mol. The van der Waals surface area contributed by atoms with E-state index in [9.17, 15) is 14.9 Å². The number of amides is 1. The van der Waals surface area contributed by atoms with E-state index >= 15 is 0 Å².